The lowest BCUT2D eigenvalue weighted by Crippen LogP contribution is -2.48. The first-order chi connectivity index (χ1) is 11.3. The molecule has 0 saturated carbocycles. The Balaban J connectivity index is 1.77. The minimum Gasteiger partial charge on any atom is -0.335 e. The van der Waals surface area contributed by atoms with Crippen LogP contribution in [0.3, 0.4) is 0 Å². The fraction of sp³-hybridized carbons (Fsp3) is 0.389. The molecule has 0 bridgehead atoms. The Morgan fingerprint density at radius 1 is 1.35 bits per heavy atom. The number of nitrogens with one attached hydrogen (secondary N) is 1. The van der Waals surface area contributed by atoms with E-state index >= 15 is 0 Å². The summed E-state index contributed by atoms with van der Waals surface area (Å²) >= 11 is 0. The van der Waals surface area contributed by atoms with E-state index in [-0.39, 0.29) is 11.9 Å². The van der Waals surface area contributed by atoms with Crippen LogP contribution in [-0.2, 0) is 6.42 Å². The summed E-state index contributed by atoms with van der Waals surface area (Å²) in [6, 6.07) is 10.4. The molecule has 1 aliphatic heterocycles. The Bertz CT molecular complexity index is 659. The van der Waals surface area contributed by atoms with E-state index in [0.29, 0.717) is 18.7 Å². The van der Waals surface area contributed by atoms with E-state index in [0.717, 1.165) is 25.1 Å². The molecule has 1 aromatic carbocycles. The Hall–Kier alpha value is -2.27. The van der Waals surface area contributed by atoms with E-state index in [2.05, 4.69) is 34.3 Å². The normalized spacial score (nSPS) is 18.0. The molecule has 23 heavy (non-hydrogen) atoms. The quantitative estimate of drug-likeness (QED) is 0.941. The molecule has 0 aliphatic carbocycles. The molecule has 1 saturated heterocycles. The van der Waals surface area contributed by atoms with Gasteiger partial charge in [-0.2, -0.15) is 0 Å². The van der Waals surface area contributed by atoms with Crippen LogP contribution in [0, 0.1) is 0 Å². The van der Waals surface area contributed by atoms with Crippen LogP contribution in [0.2, 0.25) is 0 Å². The number of rotatable bonds is 4. The van der Waals surface area contributed by atoms with E-state index < -0.39 is 0 Å². The van der Waals surface area contributed by atoms with Crippen LogP contribution in [-0.4, -0.2) is 40.4 Å². The molecule has 1 atom stereocenters. The zero-order chi connectivity index (χ0) is 16.1. The van der Waals surface area contributed by atoms with Crippen molar-refractivity contribution in [3.63, 3.8) is 0 Å². The first kappa shape index (κ1) is 15.6. The van der Waals surface area contributed by atoms with Crippen LogP contribution in [0.5, 0.6) is 0 Å². The highest BCUT2D eigenvalue weighted by atomic mass is 16.2. The Morgan fingerprint density at radius 2 is 2.17 bits per heavy atom. The highest BCUT2D eigenvalue weighted by Crippen LogP contribution is 2.19. The number of amides is 1. The molecule has 1 amide bonds. The third-order valence-corrected chi connectivity index (χ3v) is 4.18. The number of aryl methyl sites for hydroxylation is 1. The van der Waals surface area contributed by atoms with E-state index in [1.807, 2.05) is 23.1 Å². The maximum Gasteiger partial charge on any atom is 0.257 e. The predicted molar refractivity (Wildman–Crippen MR) is 89.1 cm³/mol. The van der Waals surface area contributed by atoms with Gasteiger partial charge in [-0.3, -0.25) is 4.79 Å². The van der Waals surface area contributed by atoms with Gasteiger partial charge in [-0.25, -0.2) is 9.97 Å². The van der Waals surface area contributed by atoms with Gasteiger partial charge in [-0.05, 0) is 12.0 Å². The van der Waals surface area contributed by atoms with Gasteiger partial charge in [-0.1, -0.05) is 43.7 Å². The van der Waals surface area contributed by atoms with Crippen LogP contribution < -0.4 is 5.32 Å². The van der Waals surface area contributed by atoms with Gasteiger partial charge < -0.3 is 10.2 Å². The Labute approximate surface area is 136 Å². The molecule has 1 fully saturated rings. The summed E-state index contributed by atoms with van der Waals surface area (Å²) in [5.41, 5.74) is 2.70. The van der Waals surface area contributed by atoms with E-state index in [1.54, 1.807) is 6.20 Å². The smallest absolute Gasteiger partial charge is 0.257 e. The number of hydrogen-bond acceptors (Lipinski definition) is 4. The van der Waals surface area contributed by atoms with Gasteiger partial charge >= 0.3 is 0 Å². The summed E-state index contributed by atoms with van der Waals surface area (Å²) in [6.07, 6.45) is 4.94. The van der Waals surface area contributed by atoms with Gasteiger partial charge in [0.25, 0.3) is 5.91 Å². The largest absolute Gasteiger partial charge is 0.335 e. The standard InChI is InChI=1S/C18H22N4O/c1-2-6-16-15(11-19-13-21-16)18(23)22-10-9-20-17(12-22)14-7-4-3-5-8-14/h3-5,7-8,11,13,17,20H,2,6,9-10,12H2,1H3/t17-/m1/s1. The molecular formula is C18H22N4O. The molecule has 1 aromatic heterocycles. The minimum absolute atomic E-state index is 0.0384. The van der Waals surface area contributed by atoms with E-state index in [9.17, 15) is 4.79 Å². The second-order valence-corrected chi connectivity index (χ2v) is 5.80. The fourth-order valence-corrected chi connectivity index (χ4v) is 2.98. The van der Waals surface area contributed by atoms with Gasteiger partial charge in [0.1, 0.15) is 6.33 Å². The van der Waals surface area contributed by atoms with Crippen molar-refractivity contribution in [1.82, 2.24) is 20.2 Å². The average Bonchev–Trinajstić information content (AvgIpc) is 2.63. The molecule has 0 spiro atoms. The summed E-state index contributed by atoms with van der Waals surface area (Å²) < 4.78 is 0. The zero-order valence-electron chi connectivity index (χ0n) is 13.4. The molecule has 1 aliphatic rings. The topological polar surface area (TPSA) is 58.1 Å². The molecular weight excluding hydrogens is 288 g/mol. The van der Waals surface area contributed by atoms with Crippen molar-refractivity contribution in [1.29, 1.82) is 0 Å². The van der Waals surface area contributed by atoms with Gasteiger partial charge in [0.15, 0.2) is 0 Å². The predicted octanol–water partition coefficient (Wildman–Crippen LogP) is 2.22. The van der Waals surface area contributed by atoms with Crippen molar-refractivity contribution in [3.8, 4) is 0 Å². The van der Waals surface area contributed by atoms with Crippen LogP contribution in [0.1, 0.15) is 41.0 Å². The Kier molecular flexibility index (Phi) is 4.98. The summed E-state index contributed by atoms with van der Waals surface area (Å²) in [5, 5.41) is 3.49. The maximum atomic E-state index is 12.9. The Morgan fingerprint density at radius 3 is 2.96 bits per heavy atom. The number of benzene rings is 1. The molecule has 2 heterocycles. The van der Waals surface area contributed by atoms with Gasteiger partial charge in [0, 0.05) is 31.9 Å². The lowest BCUT2D eigenvalue weighted by molar-refractivity contribution is 0.0700. The van der Waals surface area contributed by atoms with Crippen molar-refractivity contribution in [2.75, 3.05) is 19.6 Å². The second kappa shape index (κ2) is 7.33. The van der Waals surface area contributed by atoms with Crippen molar-refractivity contribution in [2.45, 2.75) is 25.8 Å². The molecule has 5 nitrogen and oxygen atoms in total. The van der Waals surface area contributed by atoms with Crippen LogP contribution in [0.15, 0.2) is 42.9 Å². The average molecular weight is 310 g/mol. The van der Waals surface area contributed by atoms with Crippen molar-refractivity contribution in [2.24, 2.45) is 0 Å². The summed E-state index contributed by atoms with van der Waals surface area (Å²) in [5.74, 6) is 0.0384. The second-order valence-electron chi connectivity index (χ2n) is 5.80. The maximum absolute atomic E-state index is 12.9. The molecule has 5 heteroatoms. The van der Waals surface area contributed by atoms with Crippen LogP contribution >= 0.6 is 0 Å². The van der Waals surface area contributed by atoms with Crippen molar-refractivity contribution in [3.05, 3.63) is 59.7 Å². The number of hydrogen-bond donors (Lipinski definition) is 1. The third kappa shape index (κ3) is 3.56. The van der Waals surface area contributed by atoms with E-state index in [4.69, 9.17) is 0 Å². The highest BCUT2D eigenvalue weighted by molar-refractivity contribution is 5.95. The number of nitrogens with zero attached hydrogens (tertiary/aromatic N) is 3. The van der Waals surface area contributed by atoms with Crippen molar-refractivity contribution >= 4 is 5.91 Å². The third-order valence-electron chi connectivity index (χ3n) is 4.18. The lowest BCUT2D eigenvalue weighted by atomic mass is 10.0. The van der Waals surface area contributed by atoms with Crippen LogP contribution in [0.4, 0.5) is 0 Å². The first-order valence-electron chi connectivity index (χ1n) is 8.16. The number of carbonyl (C=O) groups excluding carboxylic acids is 1. The monoisotopic (exact) mass is 310 g/mol. The molecule has 1 N–H and O–H groups in total. The summed E-state index contributed by atoms with van der Waals surface area (Å²) in [4.78, 5) is 23.1. The van der Waals surface area contributed by atoms with E-state index in [1.165, 1.54) is 11.9 Å². The molecule has 0 radical (unpaired) electrons. The minimum atomic E-state index is 0.0384. The molecule has 120 valence electrons. The summed E-state index contributed by atoms with van der Waals surface area (Å²) in [6.45, 7) is 4.26. The lowest BCUT2D eigenvalue weighted by Gasteiger charge is -2.34. The summed E-state index contributed by atoms with van der Waals surface area (Å²) in [7, 11) is 0. The molecule has 0 unspecified atom stereocenters. The van der Waals surface area contributed by atoms with Gasteiger partial charge in [-0.15, -0.1) is 0 Å². The van der Waals surface area contributed by atoms with Crippen molar-refractivity contribution < 1.29 is 4.79 Å². The van der Waals surface area contributed by atoms with Crippen LogP contribution in [0.25, 0.3) is 0 Å². The molecule has 2 aromatic rings. The SMILES string of the molecule is CCCc1ncncc1C(=O)N1CCN[C@@H](c2ccccc2)C1. The highest BCUT2D eigenvalue weighted by Gasteiger charge is 2.26. The number of piperazine rings is 1. The van der Waals surface area contributed by atoms with Gasteiger partial charge in [0.05, 0.1) is 11.3 Å². The number of aromatic nitrogens is 2. The first-order valence-corrected chi connectivity index (χ1v) is 8.16. The zero-order valence-corrected chi connectivity index (χ0v) is 13.4. The molecule has 3 rings (SSSR count). The van der Waals surface area contributed by atoms with Gasteiger partial charge in [0.2, 0.25) is 0 Å². The fourth-order valence-electron chi connectivity index (χ4n) is 2.98. The number of carbonyl (C=O) groups is 1.